The van der Waals surface area contributed by atoms with Gasteiger partial charge in [-0.15, -0.1) is 0 Å². The zero-order chi connectivity index (χ0) is 13.9. The molecule has 0 aliphatic carbocycles. The van der Waals surface area contributed by atoms with Crippen LogP contribution in [0.25, 0.3) is 11.0 Å². The maximum Gasteiger partial charge on any atom is 0.124 e. The number of H-pyrrole nitrogens is 1. The molecule has 0 bridgehead atoms. The van der Waals surface area contributed by atoms with Crippen molar-refractivity contribution in [3.8, 4) is 0 Å². The summed E-state index contributed by atoms with van der Waals surface area (Å²) >= 11 is 5.98. The lowest BCUT2D eigenvalue weighted by Crippen LogP contribution is -2.19. The molecule has 0 aliphatic heterocycles. The monoisotopic (exact) mass is 285 g/mol. The standard InChI is InChI=1S/C16H16ClN3/c1-11(18-10-12-5-4-6-13(17)9-12)16-19-14-7-2-3-8-15(14)20-16/h2-9,11,18H,10H2,1H3,(H,19,20). The molecule has 0 amide bonds. The van der Waals surface area contributed by atoms with Gasteiger partial charge in [0.2, 0.25) is 0 Å². The minimum absolute atomic E-state index is 0.154. The van der Waals surface area contributed by atoms with Gasteiger partial charge in [0.05, 0.1) is 17.1 Å². The number of rotatable bonds is 4. The van der Waals surface area contributed by atoms with E-state index in [4.69, 9.17) is 11.6 Å². The van der Waals surface area contributed by atoms with Crippen LogP contribution in [0.4, 0.5) is 0 Å². The number of imidazole rings is 1. The molecule has 2 aromatic carbocycles. The SMILES string of the molecule is CC(NCc1cccc(Cl)c1)c1nc2ccccc2[nH]1. The molecule has 1 heterocycles. The molecule has 0 radical (unpaired) electrons. The predicted molar refractivity (Wildman–Crippen MR) is 82.8 cm³/mol. The second-order valence-electron chi connectivity index (χ2n) is 4.87. The minimum atomic E-state index is 0.154. The maximum atomic E-state index is 5.98. The van der Waals surface area contributed by atoms with E-state index in [0.717, 1.165) is 28.4 Å². The quantitative estimate of drug-likeness (QED) is 0.759. The van der Waals surface area contributed by atoms with Gasteiger partial charge in [-0.3, -0.25) is 0 Å². The van der Waals surface area contributed by atoms with Crippen molar-refractivity contribution in [2.45, 2.75) is 19.5 Å². The summed E-state index contributed by atoms with van der Waals surface area (Å²) < 4.78 is 0. The van der Waals surface area contributed by atoms with Crippen LogP contribution in [0.1, 0.15) is 24.4 Å². The van der Waals surface area contributed by atoms with Crippen LogP contribution >= 0.6 is 11.6 Å². The highest BCUT2D eigenvalue weighted by Gasteiger charge is 2.09. The fourth-order valence-corrected chi connectivity index (χ4v) is 2.41. The normalized spacial score (nSPS) is 12.7. The molecule has 102 valence electrons. The zero-order valence-corrected chi connectivity index (χ0v) is 12.0. The first-order valence-corrected chi connectivity index (χ1v) is 7.02. The Kier molecular flexibility index (Phi) is 3.72. The second-order valence-corrected chi connectivity index (χ2v) is 5.31. The average molecular weight is 286 g/mol. The summed E-state index contributed by atoms with van der Waals surface area (Å²) in [6, 6.07) is 16.1. The number of hydrogen-bond donors (Lipinski definition) is 2. The number of para-hydroxylation sites is 2. The molecule has 1 unspecified atom stereocenters. The van der Waals surface area contributed by atoms with Crippen LogP contribution in [-0.2, 0) is 6.54 Å². The molecule has 0 saturated heterocycles. The second kappa shape index (κ2) is 5.65. The number of aromatic amines is 1. The minimum Gasteiger partial charge on any atom is -0.341 e. The van der Waals surface area contributed by atoms with E-state index >= 15 is 0 Å². The number of fused-ring (bicyclic) bond motifs is 1. The molecule has 0 saturated carbocycles. The average Bonchev–Trinajstić information content (AvgIpc) is 2.89. The molecule has 3 rings (SSSR count). The van der Waals surface area contributed by atoms with E-state index < -0.39 is 0 Å². The first-order chi connectivity index (χ1) is 9.72. The molecule has 4 heteroatoms. The lowest BCUT2D eigenvalue weighted by Gasteiger charge is -2.11. The molecule has 1 aromatic heterocycles. The van der Waals surface area contributed by atoms with Crippen LogP contribution < -0.4 is 5.32 Å². The molecule has 0 spiro atoms. The maximum absolute atomic E-state index is 5.98. The summed E-state index contributed by atoms with van der Waals surface area (Å²) in [7, 11) is 0. The molecular weight excluding hydrogens is 270 g/mol. The third-order valence-electron chi connectivity index (χ3n) is 3.32. The van der Waals surface area contributed by atoms with Crippen LogP contribution in [0.3, 0.4) is 0 Å². The molecule has 3 aromatic rings. The fraction of sp³-hybridized carbons (Fsp3) is 0.188. The Balaban J connectivity index is 1.71. The van der Waals surface area contributed by atoms with Crippen molar-refractivity contribution in [2.24, 2.45) is 0 Å². The van der Waals surface area contributed by atoms with Gasteiger partial charge in [0, 0.05) is 11.6 Å². The van der Waals surface area contributed by atoms with Crippen molar-refractivity contribution in [2.75, 3.05) is 0 Å². The lowest BCUT2D eigenvalue weighted by molar-refractivity contribution is 0.552. The Labute approximate surface area is 123 Å². The van der Waals surface area contributed by atoms with Crippen LogP contribution in [0, 0.1) is 0 Å². The summed E-state index contributed by atoms with van der Waals surface area (Å²) in [5, 5.41) is 4.22. The summed E-state index contributed by atoms with van der Waals surface area (Å²) in [6.07, 6.45) is 0. The number of aromatic nitrogens is 2. The number of benzene rings is 2. The first kappa shape index (κ1) is 13.2. The molecule has 0 aliphatic rings. The summed E-state index contributed by atoms with van der Waals surface area (Å²) in [6.45, 7) is 2.86. The van der Waals surface area contributed by atoms with E-state index in [1.54, 1.807) is 0 Å². The van der Waals surface area contributed by atoms with Crippen LogP contribution in [-0.4, -0.2) is 9.97 Å². The highest BCUT2D eigenvalue weighted by atomic mass is 35.5. The zero-order valence-electron chi connectivity index (χ0n) is 11.2. The largest absolute Gasteiger partial charge is 0.341 e. The highest BCUT2D eigenvalue weighted by Crippen LogP contribution is 2.16. The van der Waals surface area contributed by atoms with Crippen molar-refractivity contribution in [1.82, 2.24) is 15.3 Å². The van der Waals surface area contributed by atoms with Gasteiger partial charge in [-0.2, -0.15) is 0 Å². The van der Waals surface area contributed by atoms with Crippen molar-refractivity contribution < 1.29 is 0 Å². The van der Waals surface area contributed by atoms with E-state index in [-0.39, 0.29) is 6.04 Å². The van der Waals surface area contributed by atoms with Crippen molar-refractivity contribution in [3.05, 3.63) is 64.9 Å². The van der Waals surface area contributed by atoms with E-state index in [2.05, 4.69) is 28.3 Å². The van der Waals surface area contributed by atoms with Gasteiger partial charge < -0.3 is 10.3 Å². The van der Waals surface area contributed by atoms with Gasteiger partial charge in [0.1, 0.15) is 5.82 Å². The van der Waals surface area contributed by atoms with E-state index in [1.165, 1.54) is 5.56 Å². The van der Waals surface area contributed by atoms with Gasteiger partial charge in [0.25, 0.3) is 0 Å². The topological polar surface area (TPSA) is 40.7 Å². The Hall–Kier alpha value is -1.84. The fourth-order valence-electron chi connectivity index (χ4n) is 2.19. The number of hydrogen-bond acceptors (Lipinski definition) is 2. The molecule has 3 nitrogen and oxygen atoms in total. The molecule has 1 atom stereocenters. The van der Waals surface area contributed by atoms with Gasteiger partial charge in [-0.1, -0.05) is 35.9 Å². The van der Waals surface area contributed by atoms with Crippen molar-refractivity contribution >= 4 is 22.6 Å². The number of nitrogens with one attached hydrogen (secondary N) is 2. The molecule has 2 N–H and O–H groups in total. The number of nitrogens with zero attached hydrogens (tertiary/aromatic N) is 1. The van der Waals surface area contributed by atoms with E-state index in [1.807, 2.05) is 42.5 Å². The lowest BCUT2D eigenvalue weighted by atomic mass is 10.2. The van der Waals surface area contributed by atoms with E-state index in [9.17, 15) is 0 Å². The van der Waals surface area contributed by atoms with Crippen LogP contribution in [0.5, 0.6) is 0 Å². The Morgan fingerprint density at radius 1 is 1.20 bits per heavy atom. The Morgan fingerprint density at radius 2 is 2.05 bits per heavy atom. The van der Waals surface area contributed by atoms with Crippen molar-refractivity contribution in [1.29, 1.82) is 0 Å². The van der Waals surface area contributed by atoms with Crippen LogP contribution in [0.2, 0.25) is 5.02 Å². The van der Waals surface area contributed by atoms with Gasteiger partial charge >= 0.3 is 0 Å². The summed E-state index contributed by atoms with van der Waals surface area (Å²) in [4.78, 5) is 7.94. The smallest absolute Gasteiger partial charge is 0.124 e. The molecule has 0 fully saturated rings. The van der Waals surface area contributed by atoms with Crippen LogP contribution in [0.15, 0.2) is 48.5 Å². The summed E-state index contributed by atoms with van der Waals surface area (Å²) in [5.74, 6) is 0.952. The summed E-state index contributed by atoms with van der Waals surface area (Å²) in [5.41, 5.74) is 3.23. The first-order valence-electron chi connectivity index (χ1n) is 6.65. The Morgan fingerprint density at radius 3 is 2.85 bits per heavy atom. The third kappa shape index (κ3) is 2.84. The Bertz CT molecular complexity index is 687. The third-order valence-corrected chi connectivity index (χ3v) is 3.55. The predicted octanol–water partition coefficient (Wildman–Crippen LogP) is 4.07. The highest BCUT2D eigenvalue weighted by molar-refractivity contribution is 6.30. The molecular formula is C16H16ClN3. The van der Waals surface area contributed by atoms with Gasteiger partial charge in [-0.25, -0.2) is 4.98 Å². The van der Waals surface area contributed by atoms with Gasteiger partial charge in [0.15, 0.2) is 0 Å². The van der Waals surface area contributed by atoms with Crippen molar-refractivity contribution in [3.63, 3.8) is 0 Å². The molecule has 20 heavy (non-hydrogen) atoms. The van der Waals surface area contributed by atoms with E-state index in [0.29, 0.717) is 0 Å². The van der Waals surface area contributed by atoms with Gasteiger partial charge in [-0.05, 0) is 36.8 Å². The number of halogens is 1.